The van der Waals surface area contributed by atoms with Crippen LogP contribution in [0.25, 0.3) is 0 Å². The van der Waals surface area contributed by atoms with Gasteiger partial charge in [-0.2, -0.15) is 4.31 Å². The summed E-state index contributed by atoms with van der Waals surface area (Å²) in [5.41, 5.74) is 1.26. The summed E-state index contributed by atoms with van der Waals surface area (Å²) in [6, 6.07) is 7.63. The van der Waals surface area contributed by atoms with E-state index in [0.717, 1.165) is 5.56 Å². The van der Waals surface area contributed by atoms with Crippen molar-refractivity contribution in [2.45, 2.75) is 18.4 Å². The zero-order valence-electron chi connectivity index (χ0n) is 11.2. The molecule has 1 heterocycles. The van der Waals surface area contributed by atoms with E-state index in [1.54, 1.807) is 6.07 Å². The van der Waals surface area contributed by atoms with Gasteiger partial charge in [0.15, 0.2) is 5.78 Å². The fraction of sp³-hybridized carbons (Fsp3) is 0.214. The fourth-order valence-corrected chi connectivity index (χ4v) is 2.93. The molecule has 0 fully saturated rings. The summed E-state index contributed by atoms with van der Waals surface area (Å²) in [4.78, 5) is 11.3. The van der Waals surface area contributed by atoms with Gasteiger partial charge in [-0.3, -0.25) is 4.79 Å². The van der Waals surface area contributed by atoms with Crippen LogP contribution >= 0.6 is 0 Å². The lowest BCUT2D eigenvalue weighted by Crippen LogP contribution is -2.26. The summed E-state index contributed by atoms with van der Waals surface area (Å²) in [5.74, 6) is -0.0966. The molecule has 106 valence electrons. The number of benzene rings is 1. The number of carbonyl (C=O) groups is 1. The van der Waals surface area contributed by atoms with Crippen LogP contribution < -0.4 is 0 Å². The van der Waals surface area contributed by atoms with Crippen molar-refractivity contribution in [3.05, 3.63) is 54.0 Å². The lowest BCUT2D eigenvalue weighted by molar-refractivity contribution is 0.101. The Hall–Kier alpha value is -1.92. The Morgan fingerprint density at radius 2 is 1.85 bits per heavy atom. The molecule has 0 saturated carbocycles. The van der Waals surface area contributed by atoms with E-state index < -0.39 is 10.0 Å². The van der Waals surface area contributed by atoms with Gasteiger partial charge in [0.1, 0.15) is 0 Å². The highest BCUT2D eigenvalue weighted by atomic mass is 32.2. The van der Waals surface area contributed by atoms with E-state index in [2.05, 4.69) is 0 Å². The summed E-state index contributed by atoms with van der Waals surface area (Å²) < 4.78 is 30.9. The molecule has 2 rings (SSSR count). The molecule has 20 heavy (non-hydrogen) atoms. The van der Waals surface area contributed by atoms with Crippen molar-refractivity contribution >= 4 is 15.8 Å². The van der Waals surface area contributed by atoms with Crippen LogP contribution in [0.4, 0.5) is 0 Å². The number of hydrogen-bond donors (Lipinski definition) is 0. The van der Waals surface area contributed by atoms with Crippen LogP contribution in [0.5, 0.6) is 0 Å². The van der Waals surface area contributed by atoms with Crippen molar-refractivity contribution < 1.29 is 17.6 Å². The van der Waals surface area contributed by atoms with Gasteiger partial charge in [0.2, 0.25) is 10.0 Å². The monoisotopic (exact) mass is 293 g/mol. The van der Waals surface area contributed by atoms with Crippen LogP contribution in [0.2, 0.25) is 0 Å². The van der Waals surface area contributed by atoms with Crippen LogP contribution in [-0.2, 0) is 16.6 Å². The van der Waals surface area contributed by atoms with Gasteiger partial charge in [0.05, 0.1) is 17.4 Å². The summed E-state index contributed by atoms with van der Waals surface area (Å²) in [7, 11) is -2.08. The number of carbonyl (C=O) groups excluding carboxylic acids is 1. The first-order chi connectivity index (χ1) is 9.41. The number of furan rings is 1. The van der Waals surface area contributed by atoms with Crippen LogP contribution in [0, 0.1) is 0 Å². The summed E-state index contributed by atoms with van der Waals surface area (Å²) >= 11 is 0. The topological polar surface area (TPSA) is 67.6 Å². The van der Waals surface area contributed by atoms with Gasteiger partial charge in [-0.25, -0.2) is 8.42 Å². The highest BCUT2D eigenvalue weighted by Gasteiger charge is 2.21. The third kappa shape index (κ3) is 2.97. The molecule has 5 nitrogen and oxygen atoms in total. The largest absolute Gasteiger partial charge is 0.472 e. The molecule has 1 aromatic heterocycles. The average molecular weight is 293 g/mol. The Morgan fingerprint density at radius 1 is 1.20 bits per heavy atom. The standard InChI is InChI=1S/C14H15NO4S/c1-11(16)13-3-5-14(6-4-13)20(17,18)15(2)9-12-7-8-19-10-12/h3-8,10H,9H2,1-2H3. The van der Waals surface area contributed by atoms with Gasteiger partial charge >= 0.3 is 0 Å². The van der Waals surface area contributed by atoms with Crippen molar-refractivity contribution in [2.75, 3.05) is 7.05 Å². The smallest absolute Gasteiger partial charge is 0.243 e. The van der Waals surface area contributed by atoms with Gasteiger partial charge in [0, 0.05) is 24.7 Å². The number of Topliss-reactive ketones (excluding diaryl/α,β-unsaturated/α-hetero) is 1. The van der Waals surface area contributed by atoms with Crippen molar-refractivity contribution in [2.24, 2.45) is 0 Å². The molecule has 0 spiro atoms. The predicted octanol–water partition coefficient (Wildman–Crippen LogP) is 2.30. The third-order valence-corrected chi connectivity index (χ3v) is 4.77. The van der Waals surface area contributed by atoms with E-state index in [4.69, 9.17) is 4.42 Å². The van der Waals surface area contributed by atoms with Gasteiger partial charge in [0.25, 0.3) is 0 Å². The van der Waals surface area contributed by atoms with Crippen molar-refractivity contribution in [3.63, 3.8) is 0 Å². The Labute approximate surface area is 117 Å². The normalized spacial score (nSPS) is 11.8. The van der Waals surface area contributed by atoms with Gasteiger partial charge in [-0.15, -0.1) is 0 Å². The minimum Gasteiger partial charge on any atom is -0.472 e. The quantitative estimate of drug-likeness (QED) is 0.793. The fourth-order valence-electron chi connectivity index (χ4n) is 1.77. The average Bonchev–Trinajstić information content (AvgIpc) is 2.91. The molecule has 0 atom stereocenters. The van der Waals surface area contributed by atoms with E-state index in [1.807, 2.05) is 0 Å². The molecular weight excluding hydrogens is 278 g/mol. The molecule has 0 unspecified atom stereocenters. The summed E-state index contributed by atoms with van der Waals surface area (Å²) in [5, 5.41) is 0. The third-order valence-electron chi connectivity index (χ3n) is 2.95. The first-order valence-corrected chi connectivity index (χ1v) is 7.43. The SMILES string of the molecule is CC(=O)c1ccc(S(=O)(=O)N(C)Cc2ccoc2)cc1. The Morgan fingerprint density at radius 3 is 2.35 bits per heavy atom. The van der Waals surface area contributed by atoms with Crippen molar-refractivity contribution in [1.82, 2.24) is 4.31 Å². The summed E-state index contributed by atoms with van der Waals surface area (Å²) in [6.07, 6.45) is 3.00. The zero-order valence-corrected chi connectivity index (χ0v) is 12.1. The maximum atomic E-state index is 12.3. The number of ketones is 1. The molecule has 1 aromatic carbocycles. The van der Waals surface area contributed by atoms with Crippen LogP contribution in [0.1, 0.15) is 22.8 Å². The molecule has 0 radical (unpaired) electrons. The van der Waals surface area contributed by atoms with Gasteiger partial charge in [-0.1, -0.05) is 12.1 Å². The Bertz CT molecular complexity index is 687. The molecule has 0 amide bonds. The zero-order chi connectivity index (χ0) is 14.8. The number of hydrogen-bond acceptors (Lipinski definition) is 4. The first kappa shape index (κ1) is 14.5. The molecule has 0 aliphatic rings. The number of nitrogens with zero attached hydrogens (tertiary/aromatic N) is 1. The maximum Gasteiger partial charge on any atom is 0.243 e. The second-order valence-corrected chi connectivity index (χ2v) is 6.52. The number of rotatable bonds is 5. The second-order valence-electron chi connectivity index (χ2n) is 4.47. The lowest BCUT2D eigenvalue weighted by Gasteiger charge is -2.16. The molecule has 0 aliphatic carbocycles. The van der Waals surface area contributed by atoms with E-state index in [-0.39, 0.29) is 17.2 Å². The van der Waals surface area contributed by atoms with Crippen LogP contribution in [-0.4, -0.2) is 25.6 Å². The molecule has 0 N–H and O–H groups in total. The molecule has 2 aromatic rings. The van der Waals surface area contributed by atoms with E-state index in [0.29, 0.717) is 5.56 Å². The Kier molecular flexibility index (Phi) is 4.06. The molecule has 0 saturated heterocycles. The number of sulfonamides is 1. The summed E-state index contributed by atoms with van der Waals surface area (Å²) in [6.45, 7) is 1.67. The minimum atomic E-state index is -3.58. The molecular formula is C14H15NO4S. The van der Waals surface area contributed by atoms with Gasteiger partial charge < -0.3 is 4.42 Å². The second kappa shape index (κ2) is 5.60. The lowest BCUT2D eigenvalue weighted by atomic mass is 10.2. The van der Waals surface area contributed by atoms with E-state index >= 15 is 0 Å². The maximum absolute atomic E-state index is 12.3. The van der Waals surface area contributed by atoms with Crippen molar-refractivity contribution in [3.8, 4) is 0 Å². The van der Waals surface area contributed by atoms with Crippen LogP contribution in [0.15, 0.2) is 52.2 Å². The van der Waals surface area contributed by atoms with Gasteiger partial charge in [-0.05, 0) is 25.1 Å². The highest BCUT2D eigenvalue weighted by molar-refractivity contribution is 7.89. The molecule has 0 aliphatic heterocycles. The Balaban J connectivity index is 2.23. The van der Waals surface area contributed by atoms with Crippen molar-refractivity contribution in [1.29, 1.82) is 0 Å². The molecule has 6 heteroatoms. The van der Waals surface area contributed by atoms with E-state index in [1.165, 1.54) is 55.1 Å². The highest BCUT2D eigenvalue weighted by Crippen LogP contribution is 2.17. The minimum absolute atomic E-state index is 0.0966. The molecule has 0 bridgehead atoms. The predicted molar refractivity (Wildman–Crippen MR) is 73.8 cm³/mol. The first-order valence-electron chi connectivity index (χ1n) is 5.99. The van der Waals surface area contributed by atoms with E-state index in [9.17, 15) is 13.2 Å². The van der Waals surface area contributed by atoms with Crippen LogP contribution in [0.3, 0.4) is 0 Å².